The van der Waals surface area contributed by atoms with Crippen molar-refractivity contribution in [3.63, 3.8) is 0 Å². The Kier molecular flexibility index (Phi) is 5.95. The number of amides is 1. The van der Waals surface area contributed by atoms with E-state index in [0.717, 1.165) is 17.8 Å². The van der Waals surface area contributed by atoms with Crippen molar-refractivity contribution in [1.29, 1.82) is 0 Å². The van der Waals surface area contributed by atoms with E-state index in [9.17, 15) is 13.6 Å². The summed E-state index contributed by atoms with van der Waals surface area (Å²) in [6.45, 7) is 0.337. The van der Waals surface area contributed by atoms with Crippen molar-refractivity contribution in [2.24, 2.45) is 0 Å². The van der Waals surface area contributed by atoms with E-state index in [-0.39, 0.29) is 18.0 Å². The Balaban J connectivity index is 1.86. The van der Waals surface area contributed by atoms with Crippen LogP contribution in [0.15, 0.2) is 36.4 Å². The minimum atomic E-state index is -0.809. The molecule has 0 saturated carbocycles. The van der Waals surface area contributed by atoms with Crippen molar-refractivity contribution in [2.45, 2.75) is 6.42 Å². The molecule has 0 heterocycles. The molecule has 1 amide bonds. The fourth-order valence-corrected chi connectivity index (χ4v) is 2.07. The van der Waals surface area contributed by atoms with Crippen molar-refractivity contribution in [2.75, 3.05) is 31.4 Å². The molecule has 2 N–H and O–H groups in total. The van der Waals surface area contributed by atoms with E-state index in [1.54, 1.807) is 25.3 Å². The first-order valence-electron chi connectivity index (χ1n) is 7.24. The number of anilines is 2. The van der Waals surface area contributed by atoms with Gasteiger partial charge in [-0.3, -0.25) is 4.79 Å². The lowest BCUT2D eigenvalue weighted by Gasteiger charge is -2.11. The minimum Gasteiger partial charge on any atom is -0.493 e. The molecule has 24 heavy (non-hydrogen) atoms. The Bertz CT molecular complexity index is 723. The van der Waals surface area contributed by atoms with Crippen molar-refractivity contribution < 1.29 is 23.0 Å². The average Bonchev–Trinajstić information content (AvgIpc) is 2.57. The fraction of sp³-hybridized carbons (Fsp3) is 0.235. The van der Waals surface area contributed by atoms with Gasteiger partial charge in [-0.15, -0.1) is 0 Å². The number of hydrogen-bond donors (Lipinski definition) is 2. The van der Waals surface area contributed by atoms with Crippen LogP contribution in [0.4, 0.5) is 20.2 Å². The molecule has 0 aliphatic heterocycles. The van der Waals surface area contributed by atoms with Crippen molar-refractivity contribution in [3.8, 4) is 11.5 Å². The molecule has 2 rings (SSSR count). The molecule has 0 saturated heterocycles. The lowest BCUT2D eigenvalue weighted by Crippen LogP contribution is -2.17. The van der Waals surface area contributed by atoms with Crippen LogP contribution < -0.4 is 20.1 Å². The van der Waals surface area contributed by atoms with Gasteiger partial charge in [-0.05, 0) is 24.3 Å². The number of hydrogen-bond acceptors (Lipinski definition) is 4. The molecule has 0 unspecified atom stereocenters. The Labute approximate surface area is 138 Å². The normalized spacial score (nSPS) is 10.2. The molecule has 0 fully saturated rings. The number of rotatable bonds is 7. The van der Waals surface area contributed by atoms with Gasteiger partial charge < -0.3 is 20.1 Å². The Morgan fingerprint density at radius 3 is 2.46 bits per heavy atom. The Morgan fingerprint density at radius 2 is 1.79 bits per heavy atom. The number of benzene rings is 2. The van der Waals surface area contributed by atoms with E-state index in [0.29, 0.717) is 18.0 Å². The molecule has 0 radical (unpaired) electrons. The van der Waals surface area contributed by atoms with Gasteiger partial charge in [0.1, 0.15) is 11.6 Å². The molecular weight excluding hydrogens is 318 g/mol. The van der Waals surface area contributed by atoms with Gasteiger partial charge in [0.2, 0.25) is 5.91 Å². The molecule has 7 heteroatoms. The van der Waals surface area contributed by atoms with Crippen molar-refractivity contribution >= 4 is 17.3 Å². The molecule has 128 valence electrons. The Hall–Kier alpha value is -2.83. The molecule has 0 atom stereocenters. The molecule has 5 nitrogen and oxygen atoms in total. The lowest BCUT2D eigenvalue weighted by atomic mass is 10.2. The highest BCUT2D eigenvalue weighted by Crippen LogP contribution is 2.29. The van der Waals surface area contributed by atoms with Gasteiger partial charge in [0.05, 0.1) is 19.9 Å². The van der Waals surface area contributed by atoms with E-state index in [1.165, 1.54) is 13.2 Å². The molecule has 0 aliphatic rings. The van der Waals surface area contributed by atoms with Gasteiger partial charge in [-0.25, -0.2) is 8.78 Å². The molecule has 0 aromatic heterocycles. The number of nitrogens with one attached hydrogen (secondary N) is 2. The third-order valence-corrected chi connectivity index (χ3v) is 3.27. The predicted molar refractivity (Wildman–Crippen MR) is 87.6 cm³/mol. The van der Waals surface area contributed by atoms with Crippen LogP contribution in [0.5, 0.6) is 11.5 Å². The molecule has 0 aliphatic carbocycles. The van der Waals surface area contributed by atoms with Gasteiger partial charge in [0.25, 0.3) is 0 Å². The van der Waals surface area contributed by atoms with Crippen LogP contribution in [0.3, 0.4) is 0 Å². The Morgan fingerprint density at radius 1 is 1.04 bits per heavy atom. The maximum absolute atomic E-state index is 13.5. The number of methoxy groups -OCH3 is 2. The maximum atomic E-state index is 13.5. The van der Waals surface area contributed by atoms with E-state index in [4.69, 9.17) is 9.47 Å². The van der Waals surface area contributed by atoms with Gasteiger partial charge in [-0.2, -0.15) is 0 Å². The van der Waals surface area contributed by atoms with Crippen LogP contribution in [-0.2, 0) is 4.79 Å². The van der Waals surface area contributed by atoms with Crippen LogP contribution >= 0.6 is 0 Å². The van der Waals surface area contributed by atoms with Crippen LogP contribution in [0.1, 0.15) is 6.42 Å². The third-order valence-electron chi connectivity index (χ3n) is 3.27. The summed E-state index contributed by atoms with van der Waals surface area (Å²) in [5.74, 6) is -0.710. The largest absolute Gasteiger partial charge is 0.493 e. The second-order valence-electron chi connectivity index (χ2n) is 4.92. The van der Waals surface area contributed by atoms with E-state index in [1.807, 2.05) is 0 Å². The number of carbonyl (C=O) groups excluding carboxylic acids is 1. The van der Waals surface area contributed by atoms with E-state index >= 15 is 0 Å². The number of carbonyl (C=O) groups is 1. The zero-order valence-electron chi connectivity index (χ0n) is 13.4. The van der Waals surface area contributed by atoms with Crippen LogP contribution in [0.2, 0.25) is 0 Å². The second-order valence-corrected chi connectivity index (χ2v) is 4.92. The summed E-state index contributed by atoms with van der Waals surface area (Å²) in [5, 5.41) is 5.46. The second kappa shape index (κ2) is 8.14. The van der Waals surface area contributed by atoms with E-state index in [2.05, 4.69) is 10.6 Å². The summed E-state index contributed by atoms with van der Waals surface area (Å²) in [6.07, 6.45) is 0.116. The van der Waals surface area contributed by atoms with Crippen molar-refractivity contribution in [3.05, 3.63) is 48.0 Å². The number of halogens is 2. The summed E-state index contributed by atoms with van der Waals surface area (Å²) >= 11 is 0. The first-order chi connectivity index (χ1) is 11.5. The fourth-order valence-electron chi connectivity index (χ4n) is 2.07. The minimum absolute atomic E-state index is 0.0486. The molecule has 2 aromatic rings. The summed E-state index contributed by atoms with van der Waals surface area (Å²) < 4.78 is 36.6. The SMILES string of the molecule is COc1ccc(NCCC(=O)Nc2ccc(F)cc2F)cc1OC. The monoisotopic (exact) mass is 336 g/mol. The zero-order chi connectivity index (χ0) is 17.5. The first kappa shape index (κ1) is 17.5. The lowest BCUT2D eigenvalue weighted by molar-refractivity contribution is -0.116. The van der Waals surface area contributed by atoms with Gasteiger partial charge in [0.15, 0.2) is 11.5 Å². The zero-order valence-corrected chi connectivity index (χ0v) is 13.4. The maximum Gasteiger partial charge on any atom is 0.226 e. The topological polar surface area (TPSA) is 59.6 Å². The quantitative estimate of drug-likeness (QED) is 0.813. The first-order valence-corrected chi connectivity index (χ1v) is 7.24. The van der Waals surface area contributed by atoms with Crippen LogP contribution in [0.25, 0.3) is 0 Å². The summed E-state index contributed by atoms with van der Waals surface area (Å²) in [4.78, 5) is 11.8. The van der Waals surface area contributed by atoms with Gasteiger partial charge >= 0.3 is 0 Å². The predicted octanol–water partition coefficient (Wildman–Crippen LogP) is 3.42. The van der Waals surface area contributed by atoms with Crippen LogP contribution in [-0.4, -0.2) is 26.7 Å². The molecular formula is C17H18F2N2O3. The van der Waals surface area contributed by atoms with E-state index < -0.39 is 11.6 Å². The van der Waals surface area contributed by atoms with Gasteiger partial charge in [-0.1, -0.05) is 0 Å². The van der Waals surface area contributed by atoms with Gasteiger partial charge in [0, 0.05) is 30.8 Å². The highest BCUT2D eigenvalue weighted by Gasteiger charge is 2.08. The van der Waals surface area contributed by atoms with Crippen molar-refractivity contribution in [1.82, 2.24) is 0 Å². The molecule has 0 bridgehead atoms. The average molecular weight is 336 g/mol. The highest BCUT2D eigenvalue weighted by atomic mass is 19.1. The summed E-state index contributed by atoms with van der Waals surface area (Å²) in [5.41, 5.74) is 0.709. The highest BCUT2D eigenvalue weighted by molar-refractivity contribution is 5.91. The standard InChI is InChI=1S/C17H18F2N2O3/c1-23-15-6-4-12(10-16(15)24-2)20-8-7-17(22)21-14-5-3-11(18)9-13(14)19/h3-6,9-10,20H,7-8H2,1-2H3,(H,21,22). The molecule has 2 aromatic carbocycles. The summed E-state index contributed by atoms with van der Waals surface area (Å²) in [6, 6.07) is 8.27. The third kappa shape index (κ3) is 4.58. The van der Waals surface area contributed by atoms with Crippen LogP contribution in [0, 0.1) is 11.6 Å². The molecule has 0 spiro atoms. The smallest absolute Gasteiger partial charge is 0.226 e. The summed E-state index contributed by atoms with van der Waals surface area (Å²) in [7, 11) is 3.08. The number of ether oxygens (including phenoxy) is 2.